The van der Waals surface area contributed by atoms with Crippen LogP contribution in [0.5, 0.6) is 0 Å². The lowest BCUT2D eigenvalue weighted by Crippen LogP contribution is -2.11. The number of nitro groups is 1. The van der Waals surface area contributed by atoms with Crippen LogP contribution in [0.1, 0.15) is 12.0 Å². The van der Waals surface area contributed by atoms with E-state index in [1.165, 1.54) is 6.07 Å². The van der Waals surface area contributed by atoms with Crippen LogP contribution in [0.2, 0.25) is 5.02 Å². The Morgan fingerprint density at radius 1 is 1.50 bits per heavy atom. The van der Waals surface area contributed by atoms with Crippen LogP contribution in [0.4, 0.5) is 11.4 Å². The summed E-state index contributed by atoms with van der Waals surface area (Å²) in [4.78, 5) is 10.1. The van der Waals surface area contributed by atoms with E-state index in [0.717, 1.165) is 30.6 Å². The van der Waals surface area contributed by atoms with Gasteiger partial charge < -0.3 is 5.32 Å². The third-order valence-electron chi connectivity index (χ3n) is 2.31. The Morgan fingerprint density at radius 2 is 2.29 bits per heavy atom. The van der Waals surface area contributed by atoms with Crippen molar-refractivity contribution in [2.75, 3.05) is 11.9 Å². The summed E-state index contributed by atoms with van der Waals surface area (Å²) in [5, 5.41) is 13.9. The van der Waals surface area contributed by atoms with Crippen LogP contribution in [0, 0.1) is 10.1 Å². The molecule has 1 aromatic carbocycles. The molecule has 0 radical (unpaired) electrons. The first-order valence-corrected chi connectivity index (χ1v) is 4.77. The fraction of sp³-hybridized carbons (Fsp3) is 0.333. The molecule has 1 aliphatic rings. The summed E-state index contributed by atoms with van der Waals surface area (Å²) >= 11 is 5.79. The molecule has 4 nitrogen and oxygen atoms in total. The monoisotopic (exact) mass is 212 g/mol. The molecule has 74 valence electrons. The molecule has 5 heteroatoms. The van der Waals surface area contributed by atoms with Gasteiger partial charge in [-0.3, -0.25) is 10.1 Å². The van der Waals surface area contributed by atoms with E-state index in [-0.39, 0.29) is 10.7 Å². The highest BCUT2D eigenvalue weighted by molar-refractivity contribution is 6.32. The zero-order valence-corrected chi connectivity index (χ0v) is 8.17. The summed E-state index contributed by atoms with van der Waals surface area (Å²) in [6.45, 7) is 0.867. The van der Waals surface area contributed by atoms with Gasteiger partial charge in [0.25, 0.3) is 5.69 Å². The second-order valence-electron chi connectivity index (χ2n) is 3.25. The average Bonchev–Trinajstić information content (AvgIpc) is 2.16. The molecule has 0 saturated heterocycles. The maximum absolute atomic E-state index is 10.6. The second-order valence-corrected chi connectivity index (χ2v) is 3.66. The van der Waals surface area contributed by atoms with Crippen molar-refractivity contribution >= 4 is 23.0 Å². The smallest absolute Gasteiger partial charge is 0.289 e. The van der Waals surface area contributed by atoms with Crippen LogP contribution < -0.4 is 5.32 Å². The molecule has 0 bridgehead atoms. The molecule has 0 aromatic heterocycles. The predicted octanol–water partition coefficient (Wildman–Crippen LogP) is 2.61. The zero-order chi connectivity index (χ0) is 10.1. The molecule has 0 unspecified atom stereocenters. The molecular formula is C9H9ClN2O2. The molecule has 0 amide bonds. The zero-order valence-electron chi connectivity index (χ0n) is 7.42. The van der Waals surface area contributed by atoms with Crippen LogP contribution in [-0.4, -0.2) is 11.5 Å². The van der Waals surface area contributed by atoms with Crippen LogP contribution in [0.15, 0.2) is 12.1 Å². The SMILES string of the molecule is O=[N+]([O-])c1cc2c(cc1Cl)CCCN2. The number of anilines is 1. The highest BCUT2D eigenvalue weighted by atomic mass is 35.5. The second kappa shape index (κ2) is 3.46. The number of benzene rings is 1. The first-order chi connectivity index (χ1) is 6.68. The van der Waals surface area contributed by atoms with Gasteiger partial charge in [0.05, 0.1) is 4.92 Å². The highest BCUT2D eigenvalue weighted by Gasteiger charge is 2.18. The number of fused-ring (bicyclic) bond motifs is 1. The van der Waals surface area contributed by atoms with Crippen molar-refractivity contribution in [2.45, 2.75) is 12.8 Å². The van der Waals surface area contributed by atoms with E-state index >= 15 is 0 Å². The molecule has 0 spiro atoms. The van der Waals surface area contributed by atoms with Gasteiger partial charge in [0.1, 0.15) is 5.02 Å². The average molecular weight is 213 g/mol. The Morgan fingerprint density at radius 3 is 3.00 bits per heavy atom. The lowest BCUT2D eigenvalue weighted by Gasteiger charge is -2.17. The van der Waals surface area contributed by atoms with Crippen LogP contribution in [0.25, 0.3) is 0 Å². The van der Waals surface area contributed by atoms with Crippen molar-refractivity contribution in [3.63, 3.8) is 0 Å². The summed E-state index contributed by atoms with van der Waals surface area (Å²) in [5.74, 6) is 0. The molecule has 0 atom stereocenters. The number of hydrogen-bond acceptors (Lipinski definition) is 3. The maximum Gasteiger partial charge on any atom is 0.289 e. The van der Waals surface area contributed by atoms with Gasteiger partial charge in [0.2, 0.25) is 0 Å². The van der Waals surface area contributed by atoms with Crippen LogP contribution in [-0.2, 0) is 6.42 Å². The lowest BCUT2D eigenvalue weighted by molar-refractivity contribution is -0.384. The van der Waals surface area contributed by atoms with E-state index in [9.17, 15) is 10.1 Å². The van der Waals surface area contributed by atoms with E-state index in [2.05, 4.69) is 5.32 Å². The third-order valence-corrected chi connectivity index (χ3v) is 2.61. The fourth-order valence-electron chi connectivity index (χ4n) is 1.62. The van der Waals surface area contributed by atoms with Gasteiger partial charge in [-0.25, -0.2) is 0 Å². The predicted molar refractivity (Wildman–Crippen MR) is 54.9 cm³/mol. The van der Waals surface area contributed by atoms with Gasteiger partial charge in [-0.2, -0.15) is 0 Å². The van der Waals surface area contributed by atoms with Crippen molar-refractivity contribution < 1.29 is 4.92 Å². The lowest BCUT2D eigenvalue weighted by atomic mass is 10.0. The maximum atomic E-state index is 10.6. The van der Waals surface area contributed by atoms with Crippen LogP contribution in [0.3, 0.4) is 0 Å². The summed E-state index contributed by atoms with van der Waals surface area (Å²) in [5.41, 5.74) is 1.87. The van der Waals surface area contributed by atoms with Gasteiger partial charge in [0.15, 0.2) is 0 Å². The molecule has 0 aliphatic carbocycles. The molecule has 1 aromatic rings. The van der Waals surface area contributed by atoms with E-state index in [1.807, 2.05) is 0 Å². The largest absolute Gasteiger partial charge is 0.385 e. The quantitative estimate of drug-likeness (QED) is 0.575. The molecule has 2 rings (SSSR count). The standard InChI is InChI=1S/C9H9ClN2O2/c10-7-4-6-2-1-3-11-8(6)5-9(7)12(13)14/h4-5,11H,1-3H2. The normalized spacial score (nSPS) is 14.4. The molecule has 0 saturated carbocycles. The summed E-state index contributed by atoms with van der Waals surface area (Å²) in [6, 6.07) is 3.19. The minimum absolute atomic E-state index is 0.0279. The van der Waals surface area contributed by atoms with Gasteiger partial charge >= 0.3 is 0 Å². The van der Waals surface area contributed by atoms with E-state index in [4.69, 9.17) is 11.6 Å². The van der Waals surface area contributed by atoms with Crippen molar-refractivity contribution in [3.8, 4) is 0 Å². The topological polar surface area (TPSA) is 55.2 Å². The fourth-order valence-corrected chi connectivity index (χ4v) is 1.87. The Balaban J connectivity index is 2.50. The van der Waals surface area contributed by atoms with Crippen molar-refractivity contribution in [2.24, 2.45) is 0 Å². The molecule has 1 heterocycles. The van der Waals surface area contributed by atoms with Crippen molar-refractivity contribution in [1.82, 2.24) is 0 Å². The van der Waals surface area contributed by atoms with Gasteiger partial charge in [0, 0.05) is 18.3 Å². The van der Waals surface area contributed by atoms with E-state index in [1.54, 1.807) is 6.07 Å². The molecule has 0 fully saturated rings. The number of nitro benzene ring substituents is 1. The molecule has 14 heavy (non-hydrogen) atoms. The highest BCUT2D eigenvalue weighted by Crippen LogP contribution is 2.33. The minimum Gasteiger partial charge on any atom is -0.385 e. The van der Waals surface area contributed by atoms with Crippen molar-refractivity contribution in [1.29, 1.82) is 0 Å². The molecule has 1 N–H and O–H groups in total. The molecular weight excluding hydrogens is 204 g/mol. The van der Waals surface area contributed by atoms with Crippen molar-refractivity contribution in [3.05, 3.63) is 32.8 Å². The first-order valence-electron chi connectivity index (χ1n) is 4.39. The number of nitrogens with zero attached hydrogens (tertiary/aromatic N) is 1. The summed E-state index contributed by atoms with van der Waals surface area (Å²) in [6.07, 6.45) is 1.97. The first kappa shape index (κ1) is 9.27. The Labute approximate surface area is 86.0 Å². The van der Waals surface area contributed by atoms with Crippen LogP contribution >= 0.6 is 11.6 Å². The minimum atomic E-state index is -0.459. The number of aryl methyl sites for hydroxylation is 1. The number of hydrogen-bond donors (Lipinski definition) is 1. The number of nitrogens with one attached hydrogen (secondary N) is 1. The number of halogens is 1. The summed E-state index contributed by atoms with van der Waals surface area (Å²) in [7, 11) is 0. The Hall–Kier alpha value is -1.29. The van der Waals surface area contributed by atoms with Gasteiger partial charge in [-0.05, 0) is 24.5 Å². The third kappa shape index (κ3) is 1.53. The van der Waals surface area contributed by atoms with Gasteiger partial charge in [-0.1, -0.05) is 11.6 Å². The Kier molecular flexibility index (Phi) is 2.29. The summed E-state index contributed by atoms with van der Waals surface area (Å²) < 4.78 is 0. The Bertz CT molecular complexity index is 393. The van der Waals surface area contributed by atoms with E-state index in [0.29, 0.717) is 0 Å². The number of rotatable bonds is 1. The van der Waals surface area contributed by atoms with E-state index < -0.39 is 4.92 Å². The molecule has 1 aliphatic heterocycles. The van der Waals surface area contributed by atoms with Gasteiger partial charge in [-0.15, -0.1) is 0 Å².